The Kier molecular flexibility index (Phi) is 2.88. The van der Waals surface area contributed by atoms with Crippen LogP contribution < -0.4 is 0 Å². The van der Waals surface area contributed by atoms with Gasteiger partial charge >= 0.3 is 5.97 Å². The molecule has 0 unspecified atom stereocenters. The number of nitrogens with zero attached hydrogens (tertiary/aromatic N) is 1. The van der Waals surface area contributed by atoms with Crippen LogP contribution in [0.1, 0.15) is 17.4 Å². The Morgan fingerprint density at radius 3 is 3.20 bits per heavy atom. The molecule has 2 aromatic heterocycles. The molecule has 2 rings (SSSR count). The highest BCUT2D eigenvalue weighted by molar-refractivity contribution is 7.16. The molecule has 0 fully saturated rings. The van der Waals surface area contributed by atoms with Crippen molar-refractivity contribution >= 4 is 39.1 Å². The van der Waals surface area contributed by atoms with Crippen LogP contribution in [0, 0.1) is 0 Å². The predicted molar refractivity (Wildman–Crippen MR) is 60.6 cm³/mol. The van der Waals surface area contributed by atoms with E-state index in [2.05, 4.69) is 4.98 Å². The summed E-state index contributed by atoms with van der Waals surface area (Å²) in [5, 5.41) is 3.29. The van der Waals surface area contributed by atoms with Crippen molar-refractivity contribution in [2.75, 3.05) is 6.61 Å². The number of esters is 1. The van der Waals surface area contributed by atoms with Crippen LogP contribution in [0.2, 0.25) is 5.02 Å². The number of ether oxygens (including phenoxy) is 1. The molecule has 78 valence electrons. The van der Waals surface area contributed by atoms with Gasteiger partial charge in [0.25, 0.3) is 0 Å². The fourth-order valence-electron chi connectivity index (χ4n) is 1.22. The van der Waals surface area contributed by atoms with Crippen LogP contribution in [-0.4, -0.2) is 17.6 Å². The van der Waals surface area contributed by atoms with Crippen LogP contribution in [-0.2, 0) is 4.74 Å². The largest absolute Gasteiger partial charge is 0.461 e. The Morgan fingerprint density at radius 1 is 1.67 bits per heavy atom. The van der Waals surface area contributed by atoms with Gasteiger partial charge in [-0.15, -0.1) is 11.3 Å². The first-order valence-corrected chi connectivity index (χ1v) is 5.69. The third kappa shape index (κ3) is 1.96. The van der Waals surface area contributed by atoms with Crippen LogP contribution >= 0.6 is 22.9 Å². The summed E-state index contributed by atoms with van der Waals surface area (Å²) in [6.07, 6.45) is 0. The van der Waals surface area contributed by atoms with E-state index in [1.807, 2.05) is 11.4 Å². The number of hydrogen-bond acceptors (Lipinski definition) is 4. The van der Waals surface area contributed by atoms with E-state index in [-0.39, 0.29) is 5.69 Å². The summed E-state index contributed by atoms with van der Waals surface area (Å²) in [6, 6.07) is 3.42. The molecule has 0 saturated heterocycles. The second-order valence-corrected chi connectivity index (χ2v) is 4.15. The molecule has 0 spiro atoms. The first kappa shape index (κ1) is 10.4. The third-order valence-corrected chi connectivity index (χ3v) is 2.99. The van der Waals surface area contributed by atoms with Gasteiger partial charge in [0, 0.05) is 5.39 Å². The number of hydrogen-bond donors (Lipinski definition) is 0. The number of rotatable bonds is 2. The van der Waals surface area contributed by atoms with Gasteiger partial charge in [0.05, 0.1) is 11.6 Å². The van der Waals surface area contributed by atoms with E-state index < -0.39 is 5.97 Å². The van der Waals surface area contributed by atoms with Crippen molar-refractivity contribution in [2.24, 2.45) is 0 Å². The highest BCUT2D eigenvalue weighted by Crippen LogP contribution is 2.27. The maximum absolute atomic E-state index is 11.4. The SMILES string of the molecule is CCOC(=O)c1cc(Cl)c2ccsc2n1. The van der Waals surface area contributed by atoms with E-state index in [4.69, 9.17) is 16.3 Å². The van der Waals surface area contributed by atoms with Crippen LogP contribution in [0.3, 0.4) is 0 Å². The van der Waals surface area contributed by atoms with Gasteiger partial charge in [-0.25, -0.2) is 9.78 Å². The summed E-state index contributed by atoms with van der Waals surface area (Å²) in [5.74, 6) is -0.435. The molecule has 15 heavy (non-hydrogen) atoms. The lowest BCUT2D eigenvalue weighted by atomic mass is 10.3. The molecule has 0 amide bonds. The minimum Gasteiger partial charge on any atom is -0.461 e. The van der Waals surface area contributed by atoms with Crippen LogP contribution in [0.15, 0.2) is 17.5 Å². The van der Waals surface area contributed by atoms with Crippen molar-refractivity contribution in [1.29, 1.82) is 0 Å². The lowest BCUT2D eigenvalue weighted by Crippen LogP contribution is -2.06. The van der Waals surface area contributed by atoms with Crippen molar-refractivity contribution in [3.63, 3.8) is 0 Å². The Labute approximate surface area is 95.6 Å². The molecule has 0 aliphatic rings. The lowest BCUT2D eigenvalue weighted by molar-refractivity contribution is 0.0520. The Balaban J connectivity index is 2.49. The number of thiophene rings is 1. The highest BCUT2D eigenvalue weighted by atomic mass is 35.5. The van der Waals surface area contributed by atoms with E-state index in [9.17, 15) is 4.79 Å². The number of carbonyl (C=O) groups excluding carboxylic acids is 1. The second-order valence-electron chi connectivity index (χ2n) is 2.85. The van der Waals surface area contributed by atoms with E-state index in [1.165, 1.54) is 17.4 Å². The van der Waals surface area contributed by atoms with Gasteiger partial charge in [-0.3, -0.25) is 0 Å². The van der Waals surface area contributed by atoms with E-state index in [1.54, 1.807) is 6.92 Å². The fraction of sp³-hybridized carbons (Fsp3) is 0.200. The van der Waals surface area contributed by atoms with Crippen LogP contribution in [0.5, 0.6) is 0 Å². The molecular weight excluding hydrogens is 234 g/mol. The molecule has 0 atom stereocenters. The summed E-state index contributed by atoms with van der Waals surface area (Å²) in [4.78, 5) is 16.4. The average molecular weight is 242 g/mol. The fourth-order valence-corrected chi connectivity index (χ4v) is 2.32. The van der Waals surface area contributed by atoms with Gasteiger partial charge in [0.1, 0.15) is 4.83 Å². The lowest BCUT2D eigenvalue weighted by Gasteiger charge is -2.01. The zero-order chi connectivity index (χ0) is 10.8. The average Bonchev–Trinajstić information content (AvgIpc) is 2.66. The Hall–Kier alpha value is -1.13. The third-order valence-electron chi connectivity index (χ3n) is 1.87. The predicted octanol–water partition coefficient (Wildman–Crippen LogP) is 3.13. The number of halogens is 1. The summed E-state index contributed by atoms with van der Waals surface area (Å²) in [7, 11) is 0. The molecule has 0 aromatic carbocycles. The number of carbonyl (C=O) groups is 1. The van der Waals surface area contributed by atoms with Gasteiger partial charge in [-0.2, -0.15) is 0 Å². The van der Waals surface area contributed by atoms with Crippen molar-refractivity contribution in [2.45, 2.75) is 6.92 Å². The molecule has 3 nitrogen and oxygen atoms in total. The van der Waals surface area contributed by atoms with Gasteiger partial charge in [-0.1, -0.05) is 11.6 Å². The van der Waals surface area contributed by atoms with Crippen molar-refractivity contribution in [3.05, 3.63) is 28.2 Å². The molecular formula is C10H8ClNO2S. The minimum absolute atomic E-state index is 0.261. The summed E-state index contributed by atoms with van der Waals surface area (Å²) in [5.41, 5.74) is 0.261. The quantitative estimate of drug-likeness (QED) is 0.759. The maximum Gasteiger partial charge on any atom is 0.357 e. The normalized spacial score (nSPS) is 10.5. The van der Waals surface area contributed by atoms with E-state index in [0.29, 0.717) is 11.6 Å². The second kappa shape index (κ2) is 4.16. The molecule has 2 heterocycles. The topological polar surface area (TPSA) is 39.2 Å². The first-order valence-electron chi connectivity index (χ1n) is 4.43. The zero-order valence-corrected chi connectivity index (χ0v) is 9.56. The molecule has 0 aliphatic heterocycles. The smallest absolute Gasteiger partial charge is 0.357 e. The Morgan fingerprint density at radius 2 is 2.47 bits per heavy atom. The van der Waals surface area contributed by atoms with Crippen molar-refractivity contribution in [3.8, 4) is 0 Å². The van der Waals surface area contributed by atoms with Gasteiger partial charge < -0.3 is 4.74 Å². The van der Waals surface area contributed by atoms with Crippen molar-refractivity contribution < 1.29 is 9.53 Å². The molecule has 0 radical (unpaired) electrons. The molecule has 0 bridgehead atoms. The summed E-state index contributed by atoms with van der Waals surface area (Å²) in [6.45, 7) is 2.09. The van der Waals surface area contributed by atoms with Gasteiger partial charge in [-0.05, 0) is 24.4 Å². The van der Waals surface area contributed by atoms with Gasteiger partial charge in [0.15, 0.2) is 5.69 Å². The molecule has 0 saturated carbocycles. The first-order chi connectivity index (χ1) is 7.22. The number of aromatic nitrogens is 1. The zero-order valence-electron chi connectivity index (χ0n) is 7.99. The van der Waals surface area contributed by atoms with Gasteiger partial charge in [0.2, 0.25) is 0 Å². The Bertz CT molecular complexity index is 509. The molecule has 0 N–H and O–H groups in total. The maximum atomic E-state index is 11.4. The summed E-state index contributed by atoms with van der Waals surface area (Å²) >= 11 is 7.45. The standard InChI is InChI=1S/C10H8ClNO2S/c1-2-14-10(13)8-5-7(11)6-3-4-15-9(6)12-8/h3-5H,2H2,1H3. The van der Waals surface area contributed by atoms with Crippen molar-refractivity contribution in [1.82, 2.24) is 4.98 Å². The highest BCUT2D eigenvalue weighted by Gasteiger charge is 2.12. The molecule has 0 aliphatic carbocycles. The van der Waals surface area contributed by atoms with E-state index in [0.717, 1.165) is 10.2 Å². The van der Waals surface area contributed by atoms with E-state index >= 15 is 0 Å². The number of fused-ring (bicyclic) bond motifs is 1. The molecule has 5 heteroatoms. The van der Waals surface area contributed by atoms with Crippen LogP contribution in [0.25, 0.3) is 10.2 Å². The minimum atomic E-state index is -0.435. The van der Waals surface area contributed by atoms with Crippen LogP contribution in [0.4, 0.5) is 0 Å². The number of pyridine rings is 1. The monoisotopic (exact) mass is 241 g/mol. The summed E-state index contributed by atoms with van der Waals surface area (Å²) < 4.78 is 4.85. The molecule has 2 aromatic rings.